The molecule has 2 N–H and O–H groups in total. The van der Waals surface area contributed by atoms with Gasteiger partial charge in [0.05, 0.1) is 36.6 Å². The number of hydrogen-bond donors (Lipinski definition) is 2. The second kappa shape index (κ2) is 11.8. The van der Waals surface area contributed by atoms with Crippen LogP contribution in [0.2, 0.25) is 0 Å². The second-order valence-corrected chi connectivity index (χ2v) is 20.3. The third-order valence-corrected chi connectivity index (χ3v) is 17.3. The number of ether oxygens (including phenoxy) is 4. The Morgan fingerprint density at radius 2 is 1.72 bits per heavy atom. The molecule has 0 bridgehead atoms. The van der Waals surface area contributed by atoms with Crippen LogP contribution in [0.1, 0.15) is 113 Å². The zero-order valence-electron chi connectivity index (χ0n) is 32.6. The van der Waals surface area contributed by atoms with E-state index >= 15 is 0 Å². The van der Waals surface area contributed by atoms with Gasteiger partial charge in [-0.2, -0.15) is 0 Å². The number of rotatable bonds is 7. The summed E-state index contributed by atoms with van der Waals surface area (Å²) in [5.74, 6) is 1.24. The van der Waals surface area contributed by atoms with Gasteiger partial charge in [0.1, 0.15) is 0 Å². The summed E-state index contributed by atoms with van der Waals surface area (Å²) in [7, 11) is 2.20. The Hall–Kier alpha value is -0.810. The quantitative estimate of drug-likeness (QED) is 0.345. The van der Waals surface area contributed by atoms with Crippen LogP contribution in [0.25, 0.3) is 0 Å². The summed E-state index contributed by atoms with van der Waals surface area (Å²) in [6.07, 6.45) is 7.14. The Morgan fingerprint density at radius 3 is 2.40 bits per heavy atom. The lowest BCUT2D eigenvalue weighted by atomic mass is 9.41. The summed E-state index contributed by atoms with van der Waals surface area (Å²) >= 11 is 0. The van der Waals surface area contributed by atoms with E-state index in [0.717, 1.165) is 52.0 Å². The van der Waals surface area contributed by atoms with Gasteiger partial charge in [-0.1, -0.05) is 41.5 Å². The zero-order valence-corrected chi connectivity index (χ0v) is 32.6. The van der Waals surface area contributed by atoms with Crippen molar-refractivity contribution in [1.29, 1.82) is 0 Å². The lowest BCUT2D eigenvalue weighted by Gasteiger charge is -2.64. The van der Waals surface area contributed by atoms with Gasteiger partial charge in [-0.05, 0) is 118 Å². The first kappa shape index (κ1) is 36.2. The van der Waals surface area contributed by atoms with Crippen molar-refractivity contribution in [3.8, 4) is 0 Å². The van der Waals surface area contributed by atoms with Crippen molar-refractivity contribution in [2.45, 2.75) is 162 Å². The van der Waals surface area contributed by atoms with Crippen LogP contribution >= 0.6 is 0 Å². The molecule has 284 valence electrons. The van der Waals surface area contributed by atoms with E-state index in [1.54, 1.807) is 20.8 Å². The molecule has 9 nitrogen and oxygen atoms in total. The highest BCUT2D eigenvalue weighted by Crippen LogP contribution is 2.89. The number of nitrogens with zero attached hydrogens (tertiary/aromatic N) is 2. The number of carbonyl (C=O) groups is 1. The Morgan fingerprint density at radius 1 is 1.02 bits per heavy atom. The summed E-state index contributed by atoms with van der Waals surface area (Å²) in [4.78, 5) is 17.5. The number of morpholine rings is 1. The van der Waals surface area contributed by atoms with Crippen LogP contribution in [0.15, 0.2) is 0 Å². The molecular weight excluding hydrogens is 632 g/mol. The molecule has 0 unspecified atom stereocenters. The first-order valence-corrected chi connectivity index (χ1v) is 20.4. The van der Waals surface area contributed by atoms with Crippen molar-refractivity contribution in [1.82, 2.24) is 9.80 Å². The van der Waals surface area contributed by atoms with E-state index in [-0.39, 0.29) is 64.4 Å². The molecule has 0 aromatic carbocycles. The minimum absolute atomic E-state index is 0.0480. The molecule has 14 atom stereocenters. The van der Waals surface area contributed by atoms with Crippen LogP contribution in [0, 0.1) is 50.7 Å². The molecule has 2 spiro atoms. The molecule has 3 heterocycles. The van der Waals surface area contributed by atoms with Gasteiger partial charge in [-0.3, -0.25) is 9.69 Å². The molecule has 5 aliphatic carbocycles. The third-order valence-electron chi connectivity index (χ3n) is 17.3. The topological polar surface area (TPSA) is 101 Å². The molecule has 9 heteroatoms. The summed E-state index contributed by atoms with van der Waals surface area (Å²) in [5, 5.41) is 23.8. The van der Waals surface area contributed by atoms with E-state index in [0.29, 0.717) is 29.7 Å². The maximum absolute atomic E-state index is 12.6. The van der Waals surface area contributed by atoms with Crippen LogP contribution < -0.4 is 0 Å². The Kier molecular flexibility index (Phi) is 8.57. The highest BCUT2D eigenvalue weighted by Gasteiger charge is 2.84. The smallest absolute Gasteiger partial charge is 0.305 e. The lowest BCUT2D eigenvalue weighted by Crippen LogP contribution is -2.62. The Labute approximate surface area is 301 Å². The average Bonchev–Trinajstić information content (AvgIpc) is 3.67. The minimum Gasteiger partial charge on any atom is -0.457 e. The van der Waals surface area contributed by atoms with Crippen molar-refractivity contribution in [2.75, 3.05) is 39.8 Å². The fourth-order valence-corrected chi connectivity index (χ4v) is 14.8. The van der Waals surface area contributed by atoms with E-state index < -0.39 is 23.9 Å². The first-order chi connectivity index (χ1) is 23.4. The van der Waals surface area contributed by atoms with E-state index in [1.807, 2.05) is 0 Å². The number of likely N-dealkylation sites (tertiary alicyclic amines) is 1. The van der Waals surface area contributed by atoms with Crippen molar-refractivity contribution in [3.05, 3.63) is 0 Å². The van der Waals surface area contributed by atoms with Gasteiger partial charge in [0, 0.05) is 44.1 Å². The first-order valence-electron chi connectivity index (χ1n) is 20.4. The number of esters is 1. The van der Waals surface area contributed by atoms with E-state index in [9.17, 15) is 15.0 Å². The maximum atomic E-state index is 12.6. The molecule has 8 aliphatic rings. The Bertz CT molecular complexity index is 1330. The van der Waals surface area contributed by atoms with Gasteiger partial charge in [0.2, 0.25) is 0 Å². The van der Waals surface area contributed by atoms with Crippen LogP contribution in [0.3, 0.4) is 0 Å². The predicted octanol–water partition coefficient (Wildman–Crippen LogP) is 5.25. The summed E-state index contributed by atoms with van der Waals surface area (Å²) in [6.45, 7) is 22.3. The molecule has 3 saturated heterocycles. The Balaban J connectivity index is 1.01. The molecule has 8 fully saturated rings. The molecule has 0 radical (unpaired) electrons. The molecule has 50 heavy (non-hydrogen) atoms. The fourth-order valence-electron chi connectivity index (χ4n) is 14.8. The van der Waals surface area contributed by atoms with Gasteiger partial charge in [0.15, 0.2) is 12.4 Å². The number of fused-ring (bicyclic) bond motifs is 4. The van der Waals surface area contributed by atoms with Gasteiger partial charge >= 0.3 is 5.97 Å². The second-order valence-electron chi connectivity index (χ2n) is 20.3. The van der Waals surface area contributed by atoms with Crippen molar-refractivity contribution < 1.29 is 34.0 Å². The van der Waals surface area contributed by atoms with E-state index in [4.69, 9.17) is 18.9 Å². The van der Waals surface area contributed by atoms with Gasteiger partial charge < -0.3 is 34.1 Å². The lowest BCUT2D eigenvalue weighted by molar-refractivity contribution is -0.253. The van der Waals surface area contributed by atoms with Crippen molar-refractivity contribution >= 4 is 5.97 Å². The minimum atomic E-state index is -1.25. The normalized spacial score (nSPS) is 50.9. The van der Waals surface area contributed by atoms with E-state index in [2.05, 4.69) is 51.5 Å². The van der Waals surface area contributed by atoms with Crippen molar-refractivity contribution in [2.24, 2.45) is 50.7 Å². The van der Waals surface area contributed by atoms with Crippen LogP contribution in [-0.2, 0) is 23.7 Å². The number of hydrogen-bond acceptors (Lipinski definition) is 9. The molecular formula is C41H68N2O7. The number of aliphatic hydroxyl groups excluding tert-OH is 1. The fraction of sp³-hybridized carbons (Fsp3) is 0.976. The average molecular weight is 701 g/mol. The molecule has 3 aliphatic heterocycles. The summed E-state index contributed by atoms with van der Waals surface area (Å²) in [6, 6.07) is 0.633. The van der Waals surface area contributed by atoms with Gasteiger partial charge in [-0.15, -0.1) is 0 Å². The molecule has 0 amide bonds. The van der Waals surface area contributed by atoms with E-state index in [1.165, 1.54) is 25.7 Å². The molecule has 0 aromatic heterocycles. The number of likely N-dealkylation sites (N-methyl/N-ethyl adjacent to an activating group) is 1. The van der Waals surface area contributed by atoms with Crippen LogP contribution in [0.5, 0.6) is 0 Å². The number of carbonyl (C=O) groups excluding carboxylic acids is 1. The number of aliphatic hydroxyl groups is 2. The largest absolute Gasteiger partial charge is 0.457 e. The summed E-state index contributed by atoms with van der Waals surface area (Å²) < 4.78 is 26.0. The van der Waals surface area contributed by atoms with Gasteiger partial charge in [0.25, 0.3) is 0 Å². The third kappa shape index (κ3) is 4.91. The van der Waals surface area contributed by atoms with Crippen LogP contribution in [-0.4, -0.2) is 114 Å². The highest BCUT2D eigenvalue weighted by molar-refractivity contribution is 5.69. The molecule has 8 rings (SSSR count). The van der Waals surface area contributed by atoms with Crippen LogP contribution in [0.4, 0.5) is 0 Å². The maximum Gasteiger partial charge on any atom is 0.305 e. The monoisotopic (exact) mass is 701 g/mol. The SMILES string of the molecule is CCC(=O)O[C@@H]([C@H]1C[C@@H](C)[C@H]2[C@H](O1)[C@H](O)[C@@]1(C)[C@@H]3CC[C@H]4C(C)(C)[C@@H](O[C@H]5CN(C6CN(C)C6)CCO5)CC[C@@]45C[C@@]35CC[C@]21C)C(C)(C)O. The highest BCUT2D eigenvalue weighted by atomic mass is 16.7. The molecule has 0 aromatic rings. The summed E-state index contributed by atoms with van der Waals surface area (Å²) in [5.41, 5.74) is -0.915. The zero-order chi connectivity index (χ0) is 35.8. The predicted molar refractivity (Wildman–Crippen MR) is 190 cm³/mol. The van der Waals surface area contributed by atoms with Gasteiger partial charge in [-0.25, -0.2) is 0 Å². The molecule has 5 saturated carbocycles. The standard InChI is InChI=1S/C41H68N2O7/c1-10-30(44)50-35(37(5,6)46)26-19-24(2)32-33(48-26)34(45)39(8)28-12-11-27-36(3,4)29(13-14-40(27)23-41(28,40)16-15-38(32,39)7)49-31-22-43(17-18-47-31)25-20-42(9)21-25/h24-29,31-35,45-46H,10-23H2,1-9H3/t24-,26-,27+,28+,29+,31+,32+,33+,34+,35+,38-,39-,40-,41+/m1/s1. The van der Waals surface area contributed by atoms with Crippen molar-refractivity contribution in [3.63, 3.8) is 0 Å².